The van der Waals surface area contributed by atoms with Gasteiger partial charge in [-0.15, -0.1) is 0 Å². The Kier molecular flexibility index (Phi) is 4.45. The number of nitrogens with one attached hydrogen (secondary N) is 1. The van der Waals surface area contributed by atoms with E-state index in [2.05, 4.69) is 51.3 Å². The predicted octanol–water partition coefficient (Wildman–Crippen LogP) is 4.39. The highest BCUT2D eigenvalue weighted by Gasteiger charge is 2.26. The van der Waals surface area contributed by atoms with Crippen LogP contribution in [0.5, 0.6) is 0 Å². The molecule has 1 saturated carbocycles. The summed E-state index contributed by atoms with van der Waals surface area (Å²) in [6, 6.07) is 7.51. The molecule has 1 N–H and O–H groups in total. The summed E-state index contributed by atoms with van der Waals surface area (Å²) in [5, 5.41) is 3.56. The van der Waals surface area contributed by atoms with Gasteiger partial charge in [-0.2, -0.15) is 0 Å². The van der Waals surface area contributed by atoms with Gasteiger partial charge in [-0.25, -0.2) is 0 Å². The van der Waals surface area contributed by atoms with Crippen LogP contribution in [0.2, 0.25) is 0 Å². The normalized spacial score (nSPS) is 26.0. The van der Waals surface area contributed by atoms with Crippen LogP contribution >= 0.6 is 0 Å². The Morgan fingerprint density at radius 3 is 2.33 bits per heavy atom. The summed E-state index contributed by atoms with van der Waals surface area (Å²) in [5.41, 5.74) is 4.25. The summed E-state index contributed by atoms with van der Waals surface area (Å²) in [6.45, 7) is 6.81. The topological polar surface area (TPSA) is 12.0 Å². The van der Waals surface area contributed by atoms with E-state index >= 15 is 0 Å². The van der Waals surface area contributed by atoms with Crippen LogP contribution in [0.25, 0.3) is 0 Å². The minimum atomic E-state index is 0.534. The fourth-order valence-corrected chi connectivity index (χ4v) is 3.65. The highest BCUT2D eigenvalue weighted by molar-refractivity contribution is 5.31. The van der Waals surface area contributed by atoms with Gasteiger partial charge in [-0.05, 0) is 51.1 Å². The highest BCUT2D eigenvalue weighted by Crippen LogP contribution is 2.37. The lowest BCUT2D eigenvalue weighted by Gasteiger charge is -2.33. The van der Waals surface area contributed by atoms with E-state index in [1.165, 1.54) is 42.4 Å². The molecule has 1 heteroatoms. The van der Waals surface area contributed by atoms with Crippen molar-refractivity contribution < 1.29 is 0 Å². The van der Waals surface area contributed by atoms with E-state index in [-0.39, 0.29) is 0 Å². The molecule has 0 radical (unpaired) electrons. The van der Waals surface area contributed by atoms with Crippen molar-refractivity contribution in [3.8, 4) is 0 Å². The van der Waals surface area contributed by atoms with E-state index < -0.39 is 0 Å². The Balaban J connectivity index is 2.21. The first kappa shape index (κ1) is 13.6. The van der Waals surface area contributed by atoms with Crippen molar-refractivity contribution in [1.29, 1.82) is 0 Å². The van der Waals surface area contributed by atoms with Gasteiger partial charge >= 0.3 is 0 Å². The quantitative estimate of drug-likeness (QED) is 0.832. The van der Waals surface area contributed by atoms with Crippen molar-refractivity contribution in [1.82, 2.24) is 5.32 Å². The summed E-state index contributed by atoms with van der Waals surface area (Å²) in [5.74, 6) is 1.70. The predicted molar refractivity (Wildman–Crippen MR) is 78.8 cm³/mol. The Bertz CT molecular complexity index is 376. The number of aryl methyl sites for hydroxylation is 2. The molecule has 0 bridgehead atoms. The van der Waals surface area contributed by atoms with Crippen LogP contribution in [0.3, 0.4) is 0 Å². The minimum Gasteiger partial charge on any atom is -0.313 e. The van der Waals surface area contributed by atoms with E-state index in [1.807, 2.05) is 0 Å². The Morgan fingerprint density at radius 1 is 1.11 bits per heavy atom. The van der Waals surface area contributed by atoms with E-state index in [9.17, 15) is 0 Å². The molecule has 0 aliphatic heterocycles. The molecule has 0 aromatic heterocycles. The summed E-state index contributed by atoms with van der Waals surface area (Å²) < 4.78 is 0. The van der Waals surface area contributed by atoms with Gasteiger partial charge in [0.25, 0.3) is 0 Å². The van der Waals surface area contributed by atoms with Crippen LogP contribution in [0.15, 0.2) is 18.2 Å². The summed E-state index contributed by atoms with van der Waals surface area (Å²) >= 11 is 0. The Morgan fingerprint density at radius 2 is 1.78 bits per heavy atom. The molecule has 0 amide bonds. The van der Waals surface area contributed by atoms with Crippen molar-refractivity contribution in [3.05, 3.63) is 34.9 Å². The zero-order valence-electron chi connectivity index (χ0n) is 12.3. The second kappa shape index (κ2) is 5.88. The fraction of sp³-hybridized carbons (Fsp3) is 0.647. The van der Waals surface area contributed by atoms with Gasteiger partial charge in [0.05, 0.1) is 0 Å². The molecule has 0 saturated heterocycles. The molecular formula is C17H27N. The van der Waals surface area contributed by atoms with Crippen LogP contribution in [-0.2, 0) is 0 Å². The molecule has 100 valence electrons. The molecular weight excluding hydrogens is 218 g/mol. The lowest BCUT2D eigenvalue weighted by molar-refractivity contribution is 0.230. The first-order chi connectivity index (χ1) is 8.60. The van der Waals surface area contributed by atoms with Gasteiger partial charge in [0, 0.05) is 6.04 Å². The monoisotopic (exact) mass is 245 g/mol. The summed E-state index contributed by atoms with van der Waals surface area (Å²) in [4.78, 5) is 0. The molecule has 2 rings (SSSR count). The summed E-state index contributed by atoms with van der Waals surface area (Å²) in [7, 11) is 2.11. The zero-order valence-corrected chi connectivity index (χ0v) is 12.3. The average molecular weight is 245 g/mol. The molecule has 3 atom stereocenters. The first-order valence-corrected chi connectivity index (χ1v) is 7.35. The van der Waals surface area contributed by atoms with Crippen molar-refractivity contribution in [2.75, 3.05) is 7.05 Å². The van der Waals surface area contributed by atoms with Crippen LogP contribution in [0, 0.1) is 25.7 Å². The minimum absolute atomic E-state index is 0.534. The second-order valence-electron chi connectivity index (χ2n) is 6.22. The van der Waals surface area contributed by atoms with Crippen molar-refractivity contribution in [3.63, 3.8) is 0 Å². The van der Waals surface area contributed by atoms with E-state index in [0.717, 1.165) is 11.8 Å². The van der Waals surface area contributed by atoms with Crippen molar-refractivity contribution in [2.24, 2.45) is 11.8 Å². The third kappa shape index (κ3) is 3.14. The first-order valence-electron chi connectivity index (χ1n) is 7.35. The number of benzene rings is 1. The van der Waals surface area contributed by atoms with Gasteiger partial charge in [0.15, 0.2) is 0 Å². The second-order valence-corrected chi connectivity index (χ2v) is 6.22. The van der Waals surface area contributed by atoms with Crippen molar-refractivity contribution >= 4 is 0 Å². The van der Waals surface area contributed by atoms with Crippen LogP contribution < -0.4 is 5.32 Å². The molecule has 1 aromatic carbocycles. The lowest BCUT2D eigenvalue weighted by atomic mass is 9.76. The summed E-state index contributed by atoms with van der Waals surface area (Å²) in [6.07, 6.45) is 5.57. The van der Waals surface area contributed by atoms with E-state index in [0.29, 0.717) is 6.04 Å². The maximum absolute atomic E-state index is 3.56. The van der Waals surface area contributed by atoms with Gasteiger partial charge in [0.1, 0.15) is 0 Å². The number of rotatable bonds is 3. The van der Waals surface area contributed by atoms with Crippen LogP contribution in [0.4, 0.5) is 0 Å². The molecule has 3 unspecified atom stereocenters. The fourth-order valence-electron chi connectivity index (χ4n) is 3.65. The third-order valence-corrected chi connectivity index (χ3v) is 4.36. The molecule has 1 aliphatic rings. The highest BCUT2D eigenvalue weighted by atomic mass is 14.9. The maximum Gasteiger partial charge on any atom is 0.0346 e. The Labute approximate surface area is 112 Å². The molecule has 1 nitrogen and oxygen atoms in total. The SMILES string of the molecule is CNC(c1cc(C)cc(C)c1)C1CCCC(C)C1. The molecule has 0 heterocycles. The van der Waals surface area contributed by atoms with E-state index in [1.54, 1.807) is 0 Å². The van der Waals surface area contributed by atoms with Gasteiger partial charge < -0.3 is 5.32 Å². The number of hydrogen-bond donors (Lipinski definition) is 1. The lowest BCUT2D eigenvalue weighted by Crippen LogP contribution is -2.29. The van der Waals surface area contributed by atoms with Crippen molar-refractivity contribution in [2.45, 2.75) is 52.5 Å². The molecule has 0 spiro atoms. The molecule has 18 heavy (non-hydrogen) atoms. The average Bonchev–Trinajstić information content (AvgIpc) is 2.28. The smallest absolute Gasteiger partial charge is 0.0346 e. The van der Waals surface area contributed by atoms with E-state index in [4.69, 9.17) is 0 Å². The van der Waals surface area contributed by atoms with Gasteiger partial charge in [0.2, 0.25) is 0 Å². The number of hydrogen-bond acceptors (Lipinski definition) is 1. The van der Waals surface area contributed by atoms with Gasteiger partial charge in [-0.3, -0.25) is 0 Å². The molecule has 1 aliphatic carbocycles. The van der Waals surface area contributed by atoms with Crippen LogP contribution in [-0.4, -0.2) is 7.05 Å². The Hall–Kier alpha value is -0.820. The van der Waals surface area contributed by atoms with Crippen LogP contribution in [0.1, 0.15) is 55.3 Å². The van der Waals surface area contributed by atoms with Gasteiger partial charge in [-0.1, -0.05) is 49.1 Å². The molecule has 1 aromatic rings. The maximum atomic E-state index is 3.56. The zero-order chi connectivity index (χ0) is 13.1. The third-order valence-electron chi connectivity index (χ3n) is 4.36. The molecule has 1 fully saturated rings. The largest absolute Gasteiger partial charge is 0.313 e. The standard InChI is InChI=1S/C17H27N/c1-12-6-5-7-15(9-12)17(18-4)16-10-13(2)8-14(3)11-16/h8,10-12,15,17-18H,5-7,9H2,1-4H3.